The molecule has 1 unspecified atom stereocenters. The first kappa shape index (κ1) is 15.0. The Morgan fingerprint density at radius 1 is 1.12 bits per heavy atom. The van der Waals surface area contributed by atoms with E-state index in [0.29, 0.717) is 0 Å². The van der Waals surface area contributed by atoms with Crippen LogP contribution in [0.1, 0.15) is 65.7 Å². The fraction of sp³-hybridized carbons (Fsp3) is 1.00. The molecule has 17 heavy (non-hydrogen) atoms. The van der Waals surface area contributed by atoms with Crippen LogP contribution in [0.5, 0.6) is 0 Å². The van der Waals surface area contributed by atoms with Crippen LogP contribution in [0.4, 0.5) is 0 Å². The summed E-state index contributed by atoms with van der Waals surface area (Å²) in [6.07, 6.45) is 9.86. The lowest BCUT2D eigenvalue weighted by Crippen LogP contribution is -2.48. The molecule has 1 fully saturated rings. The summed E-state index contributed by atoms with van der Waals surface area (Å²) in [6, 6.07) is 1.62. The average molecular weight is 240 g/mol. The predicted molar refractivity (Wildman–Crippen MR) is 76.5 cm³/mol. The van der Waals surface area contributed by atoms with Crippen molar-refractivity contribution < 1.29 is 0 Å². The summed E-state index contributed by atoms with van der Waals surface area (Å²) >= 11 is 0. The Balaban J connectivity index is 2.51. The van der Waals surface area contributed by atoms with Gasteiger partial charge in [0.25, 0.3) is 0 Å². The minimum absolute atomic E-state index is 0.757. The van der Waals surface area contributed by atoms with Crippen molar-refractivity contribution in [2.75, 3.05) is 19.6 Å². The smallest absolute Gasteiger partial charge is 0.0223 e. The molecule has 0 heterocycles. The van der Waals surface area contributed by atoms with Crippen LogP contribution in [0.3, 0.4) is 0 Å². The molecule has 2 heteroatoms. The van der Waals surface area contributed by atoms with Gasteiger partial charge in [-0.25, -0.2) is 0 Å². The van der Waals surface area contributed by atoms with Crippen molar-refractivity contribution in [3.63, 3.8) is 0 Å². The fourth-order valence-corrected chi connectivity index (χ4v) is 3.26. The van der Waals surface area contributed by atoms with Gasteiger partial charge >= 0.3 is 0 Å². The summed E-state index contributed by atoms with van der Waals surface area (Å²) in [5.41, 5.74) is 0. The Bertz CT molecular complexity index is 176. The van der Waals surface area contributed by atoms with Crippen molar-refractivity contribution in [1.29, 1.82) is 0 Å². The maximum atomic E-state index is 3.55. The van der Waals surface area contributed by atoms with Crippen LogP contribution in [-0.4, -0.2) is 36.6 Å². The molecule has 2 nitrogen and oxygen atoms in total. The second-order valence-corrected chi connectivity index (χ2v) is 5.37. The summed E-state index contributed by atoms with van der Waals surface area (Å²) in [5, 5.41) is 3.55. The third-order valence-electron chi connectivity index (χ3n) is 4.13. The van der Waals surface area contributed by atoms with Crippen LogP contribution < -0.4 is 5.32 Å². The molecule has 0 amide bonds. The zero-order chi connectivity index (χ0) is 12.5. The minimum Gasteiger partial charge on any atom is -0.315 e. The van der Waals surface area contributed by atoms with E-state index in [2.05, 4.69) is 31.0 Å². The summed E-state index contributed by atoms with van der Waals surface area (Å²) in [7, 11) is 0. The second kappa shape index (κ2) is 8.93. The average Bonchev–Trinajstić information content (AvgIpc) is 2.38. The number of hydrogen-bond donors (Lipinski definition) is 1. The minimum atomic E-state index is 0.757. The van der Waals surface area contributed by atoms with Gasteiger partial charge in [0, 0.05) is 18.6 Å². The van der Waals surface area contributed by atoms with Crippen molar-refractivity contribution >= 4 is 0 Å². The van der Waals surface area contributed by atoms with Gasteiger partial charge in [-0.3, -0.25) is 4.90 Å². The Morgan fingerprint density at radius 2 is 1.82 bits per heavy atom. The third-order valence-corrected chi connectivity index (χ3v) is 4.13. The van der Waals surface area contributed by atoms with Crippen molar-refractivity contribution in [1.82, 2.24) is 10.2 Å². The third kappa shape index (κ3) is 4.97. The molecule has 0 bridgehead atoms. The molecule has 1 rings (SSSR count). The van der Waals surface area contributed by atoms with Gasteiger partial charge in [-0.05, 0) is 32.4 Å². The zero-order valence-electron chi connectivity index (χ0n) is 12.2. The quantitative estimate of drug-likeness (QED) is 0.699. The van der Waals surface area contributed by atoms with Crippen LogP contribution in [0.2, 0.25) is 0 Å². The molecule has 0 spiro atoms. The molecule has 102 valence electrons. The molecule has 0 aliphatic heterocycles. The van der Waals surface area contributed by atoms with Crippen LogP contribution in [0.25, 0.3) is 0 Å². The van der Waals surface area contributed by atoms with E-state index in [4.69, 9.17) is 0 Å². The first-order valence-electron chi connectivity index (χ1n) is 7.79. The number of rotatable bonds is 8. The van der Waals surface area contributed by atoms with E-state index in [-0.39, 0.29) is 0 Å². The fourth-order valence-electron chi connectivity index (χ4n) is 3.26. The van der Waals surface area contributed by atoms with Crippen LogP contribution in [0, 0.1) is 0 Å². The van der Waals surface area contributed by atoms with E-state index in [1.54, 1.807) is 0 Å². The van der Waals surface area contributed by atoms with Crippen molar-refractivity contribution in [3.8, 4) is 0 Å². The van der Waals surface area contributed by atoms with Gasteiger partial charge in [-0.2, -0.15) is 0 Å². The molecule has 1 N–H and O–H groups in total. The van der Waals surface area contributed by atoms with Crippen LogP contribution in [0.15, 0.2) is 0 Å². The lowest BCUT2D eigenvalue weighted by molar-refractivity contribution is 0.103. The van der Waals surface area contributed by atoms with E-state index >= 15 is 0 Å². The summed E-state index contributed by atoms with van der Waals surface area (Å²) in [5.74, 6) is 0. The number of nitrogens with one attached hydrogen (secondary N) is 1. The van der Waals surface area contributed by atoms with Gasteiger partial charge in [-0.15, -0.1) is 0 Å². The Morgan fingerprint density at radius 3 is 2.35 bits per heavy atom. The molecule has 1 aliphatic rings. The molecule has 1 aliphatic carbocycles. The first-order chi connectivity index (χ1) is 8.33. The second-order valence-electron chi connectivity index (χ2n) is 5.37. The number of nitrogens with zero attached hydrogens (tertiary/aromatic N) is 1. The Labute approximate surface area is 108 Å². The maximum absolute atomic E-state index is 3.55. The lowest BCUT2D eigenvalue weighted by atomic mass is 9.92. The van der Waals surface area contributed by atoms with Gasteiger partial charge < -0.3 is 5.32 Å². The van der Waals surface area contributed by atoms with Crippen molar-refractivity contribution in [2.45, 2.75) is 77.8 Å². The van der Waals surface area contributed by atoms with Gasteiger partial charge in [0.1, 0.15) is 0 Å². The molecule has 0 aromatic carbocycles. The topological polar surface area (TPSA) is 15.3 Å². The molecule has 0 radical (unpaired) electrons. The SMILES string of the molecule is CCCC(CNCC)N(CC)C1CCCCC1. The van der Waals surface area contributed by atoms with Gasteiger partial charge in [0.15, 0.2) is 0 Å². The Kier molecular flexibility index (Phi) is 7.87. The maximum Gasteiger partial charge on any atom is 0.0223 e. The summed E-state index contributed by atoms with van der Waals surface area (Å²) < 4.78 is 0. The molecule has 1 atom stereocenters. The standard InChI is InChI=1S/C15H32N2/c1-4-10-15(13-16-5-2)17(6-3)14-11-8-7-9-12-14/h14-16H,4-13H2,1-3H3. The zero-order valence-corrected chi connectivity index (χ0v) is 12.2. The molecule has 0 saturated heterocycles. The van der Waals surface area contributed by atoms with Crippen molar-refractivity contribution in [3.05, 3.63) is 0 Å². The summed E-state index contributed by atoms with van der Waals surface area (Å²) in [6.45, 7) is 10.4. The molecule has 0 aromatic rings. The van der Waals surface area contributed by atoms with E-state index in [9.17, 15) is 0 Å². The lowest BCUT2D eigenvalue weighted by Gasteiger charge is -2.39. The monoisotopic (exact) mass is 240 g/mol. The van der Waals surface area contributed by atoms with Gasteiger partial charge in [-0.1, -0.05) is 46.5 Å². The number of hydrogen-bond acceptors (Lipinski definition) is 2. The van der Waals surface area contributed by atoms with Gasteiger partial charge in [0.05, 0.1) is 0 Å². The Hall–Kier alpha value is -0.0800. The van der Waals surface area contributed by atoms with E-state index in [1.165, 1.54) is 58.0 Å². The molecular formula is C15H32N2. The molecule has 1 saturated carbocycles. The van der Waals surface area contributed by atoms with E-state index < -0.39 is 0 Å². The predicted octanol–water partition coefficient (Wildman–Crippen LogP) is 3.42. The first-order valence-corrected chi connectivity index (χ1v) is 7.79. The molecule has 0 aromatic heterocycles. The van der Waals surface area contributed by atoms with E-state index in [0.717, 1.165) is 18.6 Å². The van der Waals surface area contributed by atoms with Crippen LogP contribution >= 0.6 is 0 Å². The van der Waals surface area contributed by atoms with E-state index in [1.807, 2.05) is 0 Å². The number of likely N-dealkylation sites (N-methyl/N-ethyl adjacent to an activating group) is 2. The highest BCUT2D eigenvalue weighted by Crippen LogP contribution is 2.25. The van der Waals surface area contributed by atoms with Crippen molar-refractivity contribution in [2.24, 2.45) is 0 Å². The highest BCUT2D eigenvalue weighted by Gasteiger charge is 2.25. The highest BCUT2D eigenvalue weighted by molar-refractivity contribution is 4.82. The van der Waals surface area contributed by atoms with Crippen LogP contribution in [-0.2, 0) is 0 Å². The highest BCUT2D eigenvalue weighted by atomic mass is 15.2. The largest absolute Gasteiger partial charge is 0.315 e. The summed E-state index contributed by atoms with van der Waals surface area (Å²) in [4.78, 5) is 2.78. The molecular weight excluding hydrogens is 208 g/mol. The van der Waals surface area contributed by atoms with Gasteiger partial charge in [0.2, 0.25) is 0 Å². The normalized spacial score (nSPS) is 19.8.